The first-order valence-corrected chi connectivity index (χ1v) is 8.54. The van der Waals surface area contributed by atoms with Crippen molar-refractivity contribution in [3.05, 3.63) is 59.5 Å². The van der Waals surface area contributed by atoms with E-state index in [4.69, 9.17) is 4.42 Å². The molecule has 0 spiro atoms. The summed E-state index contributed by atoms with van der Waals surface area (Å²) in [5.41, 5.74) is 2.57. The zero-order valence-electron chi connectivity index (χ0n) is 15.1. The zero-order valence-corrected chi connectivity index (χ0v) is 15.1. The minimum Gasteiger partial charge on any atom is -0.459 e. The smallest absolute Gasteiger partial charge is 0.287 e. The average Bonchev–Trinajstić information content (AvgIpc) is 3.11. The van der Waals surface area contributed by atoms with Gasteiger partial charge in [-0.2, -0.15) is 0 Å². The second-order valence-corrected chi connectivity index (χ2v) is 7.03. The van der Waals surface area contributed by atoms with E-state index in [1.807, 2.05) is 0 Å². The summed E-state index contributed by atoms with van der Waals surface area (Å²) in [5, 5.41) is 5.49. The molecule has 1 heterocycles. The standard InChI is InChI=1S/C20H26N2O3/c1-20(2,3)16-9-6-15(7-10-16)8-11-18(23)21-12-13-22-19(24)17-5-4-14-25-17/h4-7,9-10,14H,8,11-13H2,1-3H3,(H,21,23)(H,22,24). The number of nitrogens with one attached hydrogen (secondary N) is 2. The van der Waals surface area contributed by atoms with Gasteiger partial charge in [0.2, 0.25) is 5.91 Å². The van der Waals surface area contributed by atoms with Crippen LogP contribution in [0, 0.1) is 0 Å². The Labute approximate surface area is 148 Å². The van der Waals surface area contributed by atoms with Crippen molar-refractivity contribution in [2.24, 2.45) is 0 Å². The number of carbonyl (C=O) groups excluding carboxylic acids is 2. The van der Waals surface area contributed by atoms with Gasteiger partial charge >= 0.3 is 0 Å². The predicted octanol–water partition coefficient (Wildman–Crippen LogP) is 3.06. The van der Waals surface area contributed by atoms with Gasteiger partial charge in [-0.05, 0) is 35.1 Å². The van der Waals surface area contributed by atoms with Gasteiger partial charge in [0.15, 0.2) is 5.76 Å². The van der Waals surface area contributed by atoms with Crippen molar-refractivity contribution in [2.75, 3.05) is 13.1 Å². The molecule has 2 aromatic rings. The number of aryl methyl sites for hydroxylation is 1. The van der Waals surface area contributed by atoms with Crippen molar-refractivity contribution in [3.8, 4) is 0 Å². The third kappa shape index (κ3) is 6.10. The molecule has 0 unspecified atom stereocenters. The fourth-order valence-electron chi connectivity index (χ4n) is 2.39. The highest BCUT2D eigenvalue weighted by atomic mass is 16.3. The third-order valence-corrected chi connectivity index (χ3v) is 3.94. The van der Waals surface area contributed by atoms with Crippen LogP contribution in [0.25, 0.3) is 0 Å². The number of furan rings is 1. The topological polar surface area (TPSA) is 71.3 Å². The zero-order chi connectivity index (χ0) is 18.3. The lowest BCUT2D eigenvalue weighted by atomic mass is 9.86. The number of benzene rings is 1. The van der Waals surface area contributed by atoms with Gasteiger partial charge in [-0.15, -0.1) is 0 Å². The molecule has 0 atom stereocenters. The highest BCUT2D eigenvalue weighted by molar-refractivity contribution is 5.91. The fraction of sp³-hybridized carbons (Fsp3) is 0.400. The summed E-state index contributed by atoms with van der Waals surface area (Å²) in [7, 11) is 0. The Bertz CT molecular complexity index is 683. The van der Waals surface area contributed by atoms with Crippen molar-refractivity contribution < 1.29 is 14.0 Å². The molecule has 0 bridgehead atoms. The van der Waals surface area contributed by atoms with Crippen LogP contribution < -0.4 is 10.6 Å². The summed E-state index contributed by atoms with van der Waals surface area (Å²) in [4.78, 5) is 23.5. The van der Waals surface area contributed by atoms with E-state index in [0.29, 0.717) is 25.9 Å². The molecule has 1 aromatic carbocycles. The summed E-state index contributed by atoms with van der Waals surface area (Å²) in [6.45, 7) is 7.31. The Hall–Kier alpha value is -2.56. The van der Waals surface area contributed by atoms with Crippen LogP contribution in [0.4, 0.5) is 0 Å². The number of carbonyl (C=O) groups is 2. The number of amides is 2. The van der Waals surface area contributed by atoms with Crippen molar-refractivity contribution in [3.63, 3.8) is 0 Å². The van der Waals surface area contributed by atoms with Gasteiger partial charge in [0.1, 0.15) is 0 Å². The first kappa shape index (κ1) is 18.8. The first-order valence-electron chi connectivity index (χ1n) is 8.54. The quantitative estimate of drug-likeness (QED) is 0.760. The summed E-state index contributed by atoms with van der Waals surface area (Å²) < 4.78 is 4.99. The maximum atomic E-state index is 11.9. The van der Waals surface area contributed by atoms with Gasteiger partial charge in [0.25, 0.3) is 5.91 Å². The van der Waals surface area contributed by atoms with Gasteiger partial charge in [0, 0.05) is 19.5 Å². The van der Waals surface area contributed by atoms with Crippen LogP contribution in [0.5, 0.6) is 0 Å². The minimum atomic E-state index is -0.279. The summed E-state index contributed by atoms with van der Waals surface area (Å²) in [6.07, 6.45) is 2.58. The lowest BCUT2D eigenvalue weighted by Crippen LogP contribution is -2.34. The van der Waals surface area contributed by atoms with Gasteiger partial charge in [-0.1, -0.05) is 45.0 Å². The second kappa shape index (κ2) is 8.51. The van der Waals surface area contributed by atoms with Crippen LogP contribution in [-0.2, 0) is 16.6 Å². The molecule has 5 heteroatoms. The van der Waals surface area contributed by atoms with E-state index < -0.39 is 0 Å². The van der Waals surface area contributed by atoms with Crippen molar-refractivity contribution in [1.82, 2.24) is 10.6 Å². The monoisotopic (exact) mass is 342 g/mol. The van der Waals surface area contributed by atoms with E-state index in [2.05, 4.69) is 55.7 Å². The van der Waals surface area contributed by atoms with E-state index in [1.54, 1.807) is 12.1 Å². The van der Waals surface area contributed by atoms with Crippen LogP contribution in [0.2, 0.25) is 0 Å². The molecule has 2 amide bonds. The first-order chi connectivity index (χ1) is 11.9. The molecule has 1 aromatic heterocycles. The maximum Gasteiger partial charge on any atom is 0.287 e. The Kier molecular flexibility index (Phi) is 6.39. The number of rotatable bonds is 7. The molecule has 25 heavy (non-hydrogen) atoms. The third-order valence-electron chi connectivity index (χ3n) is 3.94. The molecule has 0 fully saturated rings. The second-order valence-electron chi connectivity index (χ2n) is 7.03. The lowest BCUT2D eigenvalue weighted by molar-refractivity contribution is -0.121. The van der Waals surface area contributed by atoms with Crippen molar-refractivity contribution in [2.45, 2.75) is 39.0 Å². The van der Waals surface area contributed by atoms with E-state index in [9.17, 15) is 9.59 Å². The number of hydrogen-bond acceptors (Lipinski definition) is 3. The van der Waals surface area contributed by atoms with Gasteiger partial charge < -0.3 is 15.1 Å². The van der Waals surface area contributed by atoms with Crippen molar-refractivity contribution in [1.29, 1.82) is 0 Å². The maximum absolute atomic E-state index is 11.9. The van der Waals surface area contributed by atoms with Crippen LogP contribution in [-0.4, -0.2) is 24.9 Å². The van der Waals surface area contributed by atoms with Crippen LogP contribution in [0.1, 0.15) is 48.9 Å². The van der Waals surface area contributed by atoms with Crippen LogP contribution in [0.3, 0.4) is 0 Å². The molecule has 2 N–H and O–H groups in total. The van der Waals surface area contributed by atoms with Gasteiger partial charge in [-0.3, -0.25) is 9.59 Å². The van der Waals surface area contributed by atoms with Gasteiger partial charge in [-0.25, -0.2) is 0 Å². The molecule has 0 aliphatic heterocycles. The normalized spacial score (nSPS) is 11.2. The van der Waals surface area contributed by atoms with E-state index in [0.717, 1.165) is 5.56 Å². The van der Waals surface area contributed by atoms with Crippen LogP contribution in [0.15, 0.2) is 47.1 Å². The molecule has 5 nitrogen and oxygen atoms in total. The fourth-order valence-corrected chi connectivity index (χ4v) is 2.39. The van der Waals surface area contributed by atoms with Crippen LogP contribution >= 0.6 is 0 Å². The highest BCUT2D eigenvalue weighted by Crippen LogP contribution is 2.22. The highest BCUT2D eigenvalue weighted by Gasteiger charge is 2.13. The SMILES string of the molecule is CC(C)(C)c1ccc(CCC(=O)NCCNC(=O)c2ccco2)cc1. The molecular formula is C20H26N2O3. The molecular weight excluding hydrogens is 316 g/mol. The molecule has 2 rings (SSSR count). The summed E-state index contributed by atoms with van der Waals surface area (Å²) >= 11 is 0. The molecule has 0 saturated carbocycles. The Balaban J connectivity index is 1.64. The minimum absolute atomic E-state index is 0.0212. The molecule has 0 aliphatic rings. The lowest BCUT2D eigenvalue weighted by Gasteiger charge is -2.19. The molecule has 0 saturated heterocycles. The Morgan fingerprint density at radius 1 is 1.00 bits per heavy atom. The summed E-state index contributed by atoms with van der Waals surface area (Å²) in [5.74, 6) is -0.0321. The molecule has 134 valence electrons. The molecule has 0 aliphatic carbocycles. The van der Waals surface area contributed by atoms with E-state index >= 15 is 0 Å². The Morgan fingerprint density at radius 3 is 2.28 bits per heavy atom. The largest absolute Gasteiger partial charge is 0.459 e. The Morgan fingerprint density at radius 2 is 1.68 bits per heavy atom. The summed E-state index contributed by atoms with van der Waals surface area (Å²) in [6, 6.07) is 11.7. The van der Waals surface area contributed by atoms with E-state index in [1.165, 1.54) is 11.8 Å². The van der Waals surface area contributed by atoms with Crippen molar-refractivity contribution >= 4 is 11.8 Å². The predicted molar refractivity (Wildman–Crippen MR) is 97.5 cm³/mol. The number of hydrogen-bond donors (Lipinski definition) is 2. The molecule has 0 radical (unpaired) electrons. The average molecular weight is 342 g/mol. The van der Waals surface area contributed by atoms with Gasteiger partial charge in [0.05, 0.1) is 6.26 Å². The van der Waals surface area contributed by atoms with E-state index in [-0.39, 0.29) is 23.0 Å².